The smallest absolute Gasteiger partial charge is 0.231 e. The third-order valence-electron chi connectivity index (χ3n) is 5.00. The highest BCUT2D eigenvalue weighted by Crippen LogP contribution is 2.32. The van der Waals surface area contributed by atoms with Crippen molar-refractivity contribution in [2.75, 3.05) is 27.4 Å². The van der Waals surface area contributed by atoms with Crippen LogP contribution >= 0.6 is 24.0 Å². The molecule has 0 amide bonds. The molecule has 0 aliphatic carbocycles. The van der Waals surface area contributed by atoms with E-state index in [1.54, 1.807) is 7.05 Å². The Labute approximate surface area is 190 Å². The van der Waals surface area contributed by atoms with Gasteiger partial charge in [0.25, 0.3) is 0 Å². The minimum Gasteiger partial charge on any atom is -0.454 e. The second-order valence-electron chi connectivity index (χ2n) is 7.08. The van der Waals surface area contributed by atoms with Crippen molar-refractivity contribution in [2.24, 2.45) is 4.99 Å². The van der Waals surface area contributed by atoms with Gasteiger partial charge in [0.15, 0.2) is 17.5 Å². The van der Waals surface area contributed by atoms with E-state index in [1.807, 2.05) is 18.2 Å². The third kappa shape index (κ3) is 7.08. The van der Waals surface area contributed by atoms with Crippen LogP contribution in [0.4, 0.5) is 0 Å². The number of rotatable bonds is 8. The van der Waals surface area contributed by atoms with Crippen LogP contribution in [0.15, 0.2) is 53.5 Å². The van der Waals surface area contributed by atoms with Gasteiger partial charge in [-0.1, -0.05) is 36.4 Å². The fourth-order valence-electron chi connectivity index (χ4n) is 3.10. The van der Waals surface area contributed by atoms with Crippen molar-refractivity contribution < 1.29 is 9.47 Å². The number of hydrogen-bond donors (Lipinski definition) is 2. The van der Waals surface area contributed by atoms with E-state index < -0.39 is 0 Å². The maximum atomic E-state index is 5.43. The SMILES string of the molecule is CN=C(NCCC(C)N(C)Cc1ccccc1)NCc1ccc2c(c1)OCO2.I. The molecular formula is C22H31IN4O2. The predicted octanol–water partition coefficient (Wildman–Crippen LogP) is 3.61. The topological polar surface area (TPSA) is 58.1 Å². The summed E-state index contributed by atoms with van der Waals surface area (Å²) in [7, 11) is 3.96. The van der Waals surface area contributed by atoms with Gasteiger partial charge in [-0.2, -0.15) is 0 Å². The Hall–Kier alpha value is -2.00. The highest BCUT2D eigenvalue weighted by molar-refractivity contribution is 14.0. The fourth-order valence-corrected chi connectivity index (χ4v) is 3.10. The highest BCUT2D eigenvalue weighted by atomic mass is 127. The summed E-state index contributed by atoms with van der Waals surface area (Å²) in [6.07, 6.45) is 1.04. The normalized spacial score (nSPS) is 13.7. The van der Waals surface area contributed by atoms with Crippen LogP contribution in [0.2, 0.25) is 0 Å². The van der Waals surface area contributed by atoms with Crippen LogP contribution in [0.5, 0.6) is 11.5 Å². The molecule has 1 unspecified atom stereocenters. The zero-order chi connectivity index (χ0) is 19.8. The number of benzene rings is 2. The monoisotopic (exact) mass is 510 g/mol. The number of hydrogen-bond acceptors (Lipinski definition) is 4. The molecule has 1 aliphatic heterocycles. The second kappa shape index (κ2) is 11.9. The molecule has 0 radical (unpaired) electrons. The van der Waals surface area contributed by atoms with Gasteiger partial charge in [0.1, 0.15) is 0 Å². The average Bonchev–Trinajstić information content (AvgIpc) is 3.19. The largest absolute Gasteiger partial charge is 0.454 e. The minimum absolute atomic E-state index is 0. The van der Waals surface area contributed by atoms with Crippen molar-refractivity contribution in [1.29, 1.82) is 0 Å². The van der Waals surface area contributed by atoms with Gasteiger partial charge in [-0.3, -0.25) is 9.89 Å². The standard InChI is InChI=1S/C22H30N4O2.HI/c1-17(26(3)15-18-7-5-4-6-8-18)11-12-24-22(23-2)25-14-19-9-10-20-21(13-19)28-16-27-20;/h4-10,13,17H,11-12,14-16H2,1-3H3,(H2,23,24,25);1H. The lowest BCUT2D eigenvalue weighted by atomic mass is 10.1. The van der Waals surface area contributed by atoms with Crippen molar-refractivity contribution in [3.05, 3.63) is 59.7 Å². The molecule has 7 heteroatoms. The number of nitrogens with zero attached hydrogens (tertiary/aromatic N) is 2. The molecule has 29 heavy (non-hydrogen) atoms. The number of ether oxygens (including phenoxy) is 2. The Kier molecular flexibility index (Phi) is 9.53. The van der Waals surface area contributed by atoms with E-state index in [0.29, 0.717) is 19.4 Å². The van der Waals surface area contributed by atoms with Crippen LogP contribution in [0.25, 0.3) is 0 Å². The van der Waals surface area contributed by atoms with Gasteiger partial charge in [-0.15, -0.1) is 24.0 Å². The summed E-state index contributed by atoms with van der Waals surface area (Å²) in [5, 5.41) is 6.75. The molecule has 6 nitrogen and oxygen atoms in total. The van der Waals surface area contributed by atoms with Gasteiger partial charge in [0, 0.05) is 32.7 Å². The molecule has 2 aromatic carbocycles. The molecule has 0 spiro atoms. The third-order valence-corrected chi connectivity index (χ3v) is 5.00. The van der Waals surface area contributed by atoms with E-state index in [4.69, 9.17) is 9.47 Å². The number of aliphatic imine (C=N–C) groups is 1. The Morgan fingerprint density at radius 2 is 1.83 bits per heavy atom. The van der Waals surface area contributed by atoms with E-state index >= 15 is 0 Å². The maximum absolute atomic E-state index is 5.43. The summed E-state index contributed by atoms with van der Waals surface area (Å²) < 4.78 is 10.8. The Bertz CT molecular complexity index is 786. The van der Waals surface area contributed by atoms with E-state index in [-0.39, 0.29) is 24.0 Å². The number of halogens is 1. The van der Waals surface area contributed by atoms with Gasteiger partial charge < -0.3 is 20.1 Å². The summed E-state index contributed by atoms with van der Waals surface area (Å²) in [6, 6.07) is 17.0. The first-order valence-corrected chi connectivity index (χ1v) is 9.73. The van der Waals surface area contributed by atoms with Gasteiger partial charge in [-0.25, -0.2) is 0 Å². The van der Waals surface area contributed by atoms with Crippen LogP contribution in [-0.4, -0.2) is 44.3 Å². The summed E-state index contributed by atoms with van der Waals surface area (Å²) in [5.41, 5.74) is 2.47. The highest BCUT2D eigenvalue weighted by Gasteiger charge is 2.13. The lowest BCUT2D eigenvalue weighted by Gasteiger charge is -2.25. The van der Waals surface area contributed by atoms with Crippen LogP contribution in [0, 0.1) is 0 Å². The van der Waals surface area contributed by atoms with E-state index in [9.17, 15) is 0 Å². The Balaban J connectivity index is 0.00000300. The summed E-state index contributed by atoms with van der Waals surface area (Å²) in [6.45, 7) is 5.06. The quantitative estimate of drug-likeness (QED) is 0.323. The summed E-state index contributed by atoms with van der Waals surface area (Å²) >= 11 is 0. The zero-order valence-electron chi connectivity index (χ0n) is 17.4. The molecular weight excluding hydrogens is 479 g/mol. The number of guanidine groups is 1. The van der Waals surface area contributed by atoms with Crippen LogP contribution in [0.3, 0.4) is 0 Å². The van der Waals surface area contributed by atoms with E-state index in [0.717, 1.165) is 42.5 Å². The molecule has 1 atom stereocenters. The van der Waals surface area contributed by atoms with Crippen LogP contribution in [0.1, 0.15) is 24.5 Å². The zero-order valence-corrected chi connectivity index (χ0v) is 19.7. The molecule has 3 rings (SSSR count). The van der Waals surface area contributed by atoms with Crippen molar-refractivity contribution in [3.63, 3.8) is 0 Å². The fraction of sp³-hybridized carbons (Fsp3) is 0.409. The first-order chi connectivity index (χ1) is 13.7. The minimum atomic E-state index is 0. The van der Waals surface area contributed by atoms with Crippen LogP contribution < -0.4 is 20.1 Å². The van der Waals surface area contributed by atoms with Crippen LogP contribution in [-0.2, 0) is 13.1 Å². The molecule has 2 N–H and O–H groups in total. The lowest BCUT2D eigenvalue weighted by molar-refractivity contribution is 0.174. The van der Waals surface area contributed by atoms with Gasteiger partial charge in [-0.05, 0) is 43.7 Å². The molecule has 1 aliphatic rings. The molecule has 0 bridgehead atoms. The van der Waals surface area contributed by atoms with E-state index in [1.165, 1.54) is 5.56 Å². The van der Waals surface area contributed by atoms with Crippen molar-refractivity contribution in [3.8, 4) is 11.5 Å². The molecule has 1 heterocycles. The molecule has 0 aromatic heterocycles. The first kappa shape index (κ1) is 23.3. The molecule has 2 aromatic rings. The van der Waals surface area contributed by atoms with Crippen molar-refractivity contribution in [2.45, 2.75) is 32.5 Å². The predicted molar refractivity (Wildman–Crippen MR) is 128 cm³/mol. The average molecular weight is 510 g/mol. The van der Waals surface area contributed by atoms with Gasteiger partial charge in [0.2, 0.25) is 6.79 Å². The van der Waals surface area contributed by atoms with E-state index in [2.05, 4.69) is 64.8 Å². The molecule has 0 saturated carbocycles. The van der Waals surface area contributed by atoms with Gasteiger partial charge >= 0.3 is 0 Å². The Morgan fingerprint density at radius 3 is 2.59 bits per heavy atom. The first-order valence-electron chi connectivity index (χ1n) is 9.73. The van der Waals surface area contributed by atoms with Gasteiger partial charge in [0.05, 0.1) is 0 Å². The lowest BCUT2D eigenvalue weighted by Crippen LogP contribution is -2.39. The molecule has 158 valence electrons. The van der Waals surface area contributed by atoms with Crippen molar-refractivity contribution in [1.82, 2.24) is 15.5 Å². The summed E-state index contributed by atoms with van der Waals surface area (Å²) in [4.78, 5) is 6.68. The molecule has 0 fully saturated rings. The number of nitrogens with one attached hydrogen (secondary N) is 2. The van der Waals surface area contributed by atoms with Crippen molar-refractivity contribution >= 4 is 29.9 Å². The second-order valence-corrected chi connectivity index (χ2v) is 7.08. The molecule has 0 saturated heterocycles. The Morgan fingerprint density at radius 1 is 1.07 bits per heavy atom. The summed E-state index contributed by atoms with van der Waals surface area (Å²) in [5.74, 6) is 2.41. The maximum Gasteiger partial charge on any atom is 0.231 e. The number of fused-ring (bicyclic) bond motifs is 1.